The molecule has 2 aromatic rings. The van der Waals surface area contributed by atoms with Gasteiger partial charge in [0.2, 0.25) is 0 Å². The van der Waals surface area contributed by atoms with E-state index in [9.17, 15) is 9.90 Å². The number of fused-ring (bicyclic) bond motifs is 1. The number of rotatable bonds is 8. The summed E-state index contributed by atoms with van der Waals surface area (Å²) in [7, 11) is 0. The van der Waals surface area contributed by atoms with Crippen molar-refractivity contribution in [3.8, 4) is 0 Å². The van der Waals surface area contributed by atoms with Gasteiger partial charge in [-0.3, -0.25) is 4.79 Å². The minimum Gasteiger partial charge on any atom is -0.451 e. The number of hydrogen-bond acceptors (Lipinski definition) is 4. The van der Waals surface area contributed by atoms with Crippen LogP contribution in [0.3, 0.4) is 0 Å². The van der Waals surface area contributed by atoms with E-state index >= 15 is 0 Å². The fourth-order valence-electron chi connectivity index (χ4n) is 2.69. The normalized spacial score (nSPS) is 14.1. The molecule has 2 unspecified atom stereocenters. The molecule has 0 radical (unpaired) electrons. The van der Waals surface area contributed by atoms with Crippen LogP contribution in [-0.4, -0.2) is 29.8 Å². The molecule has 2 rings (SSSR count). The van der Waals surface area contributed by atoms with Crippen molar-refractivity contribution in [1.82, 2.24) is 5.32 Å². The molecular formula is C19H27NO4. The Morgan fingerprint density at radius 2 is 1.96 bits per heavy atom. The predicted molar refractivity (Wildman–Crippen MR) is 93.9 cm³/mol. The lowest BCUT2D eigenvalue weighted by atomic mass is 10.0. The number of furan rings is 1. The highest BCUT2D eigenvalue weighted by Gasteiger charge is 2.21. The van der Waals surface area contributed by atoms with Gasteiger partial charge in [0.15, 0.2) is 5.76 Å². The summed E-state index contributed by atoms with van der Waals surface area (Å²) in [4.78, 5) is 12.5. The monoisotopic (exact) mass is 333 g/mol. The van der Waals surface area contributed by atoms with E-state index in [4.69, 9.17) is 9.15 Å². The Morgan fingerprint density at radius 1 is 1.25 bits per heavy atom. The van der Waals surface area contributed by atoms with Gasteiger partial charge in [-0.15, -0.1) is 0 Å². The van der Waals surface area contributed by atoms with Crippen LogP contribution in [0.4, 0.5) is 0 Å². The van der Waals surface area contributed by atoms with Crippen LogP contribution in [0, 0.1) is 5.92 Å². The third-order valence-electron chi connectivity index (χ3n) is 3.82. The van der Waals surface area contributed by atoms with E-state index in [-0.39, 0.29) is 24.0 Å². The van der Waals surface area contributed by atoms with Crippen molar-refractivity contribution in [1.29, 1.82) is 0 Å². The number of ether oxygens (including phenoxy) is 1. The maximum absolute atomic E-state index is 12.5. The van der Waals surface area contributed by atoms with Gasteiger partial charge >= 0.3 is 0 Å². The van der Waals surface area contributed by atoms with Crippen molar-refractivity contribution in [3.63, 3.8) is 0 Å². The first-order valence-electron chi connectivity index (χ1n) is 8.46. The van der Waals surface area contributed by atoms with E-state index in [1.54, 1.807) is 6.92 Å². The lowest BCUT2D eigenvalue weighted by Crippen LogP contribution is -2.30. The Labute approximate surface area is 143 Å². The Hall–Kier alpha value is -1.85. The zero-order valence-corrected chi connectivity index (χ0v) is 14.8. The molecule has 1 amide bonds. The maximum Gasteiger partial charge on any atom is 0.287 e. The van der Waals surface area contributed by atoms with E-state index in [2.05, 4.69) is 5.32 Å². The molecule has 1 aromatic carbocycles. The van der Waals surface area contributed by atoms with Crippen molar-refractivity contribution >= 4 is 16.9 Å². The number of aliphatic hydroxyl groups is 1. The lowest BCUT2D eigenvalue weighted by molar-refractivity contribution is 0.0643. The summed E-state index contributed by atoms with van der Waals surface area (Å²) in [6.07, 6.45) is 0.336. The molecule has 2 atom stereocenters. The smallest absolute Gasteiger partial charge is 0.287 e. The average molecular weight is 333 g/mol. The van der Waals surface area contributed by atoms with Gasteiger partial charge in [0.05, 0.1) is 18.8 Å². The number of carbonyl (C=O) groups excluding carboxylic acids is 1. The molecular weight excluding hydrogens is 306 g/mol. The SMILES string of the molecule is CC(O)CC(C)CNC(=O)c1oc2ccccc2c1COC(C)C. The van der Waals surface area contributed by atoms with E-state index in [1.165, 1.54) is 0 Å². The van der Waals surface area contributed by atoms with Crippen molar-refractivity contribution in [3.05, 3.63) is 35.6 Å². The highest BCUT2D eigenvalue weighted by Crippen LogP contribution is 2.27. The third kappa shape index (κ3) is 4.82. The molecule has 1 heterocycles. The summed E-state index contributed by atoms with van der Waals surface area (Å²) >= 11 is 0. The lowest BCUT2D eigenvalue weighted by Gasteiger charge is -2.14. The Morgan fingerprint density at radius 3 is 2.62 bits per heavy atom. The van der Waals surface area contributed by atoms with Crippen LogP contribution in [0.2, 0.25) is 0 Å². The standard InChI is InChI=1S/C19H27NO4/c1-12(2)23-11-16-15-7-5-6-8-17(15)24-18(16)19(22)20-10-13(3)9-14(4)21/h5-8,12-14,21H,9-11H2,1-4H3,(H,20,22). The number of benzene rings is 1. The highest BCUT2D eigenvalue weighted by atomic mass is 16.5. The number of amides is 1. The molecule has 5 nitrogen and oxygen atoms in total. The van der Waals surface area contributed by atoms with Gasteiger partial charge in [0.25, 0.3) is 5.91 Å². The van der Waals surface area contributed by atoms with Gasteiger partial charge in [-0.1, -0.05) is 25.1 Å². The minimum absolute atomic E-state index is 0.0700. The van der Waals surface area contributed by atoms with E-state index in [0.717, 1.165) is 10.9 Å². The molecule has 0 fully saturated rings. The van der Waals surface area contributed by atoms with Crippen LogP contribution in [-0.2, 0) is 11.3 Å². The molecule has 0 spiro atoms. The van der Waals surface area contributed by atoms with E-state index < -0.39 is 0 Å². The first-order valence-corrected chi connectivity index (χ1v) is 8.46. The molecule has 5 heteroatoms. The van der Waals surface area contributed by atoms with Crippen LogP contribution in [0.25, 0.3) is 11.0 Å². The summed E-state index contributed by atoms with van der Waals surface area (Å²) in [5, 5.41) is 13.2. The van der Waals surface area contributed by atoms with Crippen LogP contribution in [0.15, 0.2) is 28.7 Å². The maximum atomic E-state index is 12.5. The molecule has 24 heavy (non-hydrogen) atoms. The van der Waals surface area contributed by atoms with Crippen LogP contribution in [0.1, 0.15) is 50.2 Å². The van der Waals surface area contributed by atoms with Gasteiger partial charge in [0.1, 0.15) is 5.58 Å². The summed E-state index contributed by atoms with van der Waals surface area (Å²) in [6.45, 7) is 8.48. The third-order valence-corrected chi connectivity index (χ3v) is 3.82. The Bertz CT molecular complexity index is 675. The van der Waals surface area contributed by atoms with Crippen LogP contribution < -0.4 is 5.32 Å². The van der Waals surface area contributed by atoms with E-state index in [0.29, 0.717) is 30.9 Å². The number of para-hydroxylation sites is 1. The van der Waals surface area contributed by atoms with Crippen molar-refractivity contribution in [2.75, 3.05) is 6.54 Å². The molecule has 0 saturated carbocycles. The second-order valence-electron chi connectivity index (χ2n) is 6.67. The predicted octanol–water partition coefficient (Wildman–Crippen LogP) is 3.49. The quantitative estimate of drug-likeness (QED) is 0.775. The molecule has 2 N–H and O–H groups in total. The summed E-state index contributed by atoms with van der Waals surface area (Å²) in [6, 6.07) is 7.58. The van der Waals surface area contributed by atoms with Crippen LogP contribution in [0.5, 0.6) is 0 Å². The largest absolute Gasteiger partial charge is 0.451 e. The fourth-order valence-corrected chi connectivity index (χ4v) is 2.69. The summed E-state index contributed by atoms with van der Waals surface area (Å²) in [5.74, 6) is 0.251. The van der Waals surface area contributed by atoms with Gasteiger partial charge in [-0.05, 0) is 39.2 Å². The first-order chi connectivity index (χ1) is 11.4. The molecule has 0 aliphatic rings. The second-order valence-corrected chi connectivity index (χ2v) is 6.67. The number of nitrogens with one attached hydrogen (secondary N) is 1. The highest BCUT2D eigenvalue weighted by molar-refractivity contribution is 5.99. The number of hydrogen-bond donors (Lipinski definition) is 2. The zero-order chi connectivity index (χ0) is 17.7. The van der Waals surface area contributed by atoms with Crippen molar-refractivity contribution in [2.24, 2.45) is 5.92 Å². The molecule has 132 valence electrons. The minimum atomic E-state index is -0.377. The number of carbonyl (C=O) groups is 1. The average Bonchev–Trinajstić information content (AvgIpc) is 2.88. The molecule has 0 saturated heterocycles. The Balaban J connectivity index is 2.17. The van der Waals surface area contributed by atoms with Crippen molar-refractivity contribution in [2.45, 2.75) is 52.9 Å². The first kappa shape index (κ1) is 18.5. The topological polar surface area (TPSA) is 71.7 Å². The Kier molecular flexibility index (Phi) is 6.40. The molecule has 0 bridgehead atoms. The molecule has 0 aliphatic heterocycles. The fraction of sp³-hybridized carbons (Fsp3) is 0.526. The zero-order valence-electron chi connectivity index (χ0n) is 14.8. The summed E-state index contributed by atoms with van der Waals surface area (Å²) < 4.78 is 11.5. The van der Waals surface area contributed by atoms with Gasteiger partial charge in [-0.2, -0.15) is 0 Å². The molecule has 0 aliphatic carbocycles. The van der Waals surface area contributed by atoms with Crippen LogP contribution >= 0.6 is 0 Å². The second kappa shape index (κ2) is 8.31. The number of aliphatic hydroxyl groups excluding tert-OH is 1. The van der Waals surface area contributed by atoms with E-state index in [1.807, 2.05) is 45.0 Å². The van der Waals surface area contributed by atoms with Crippen molar-refractivity contribution < 1.29 is 19.1 Å². The molecule has 1 aromatic heterocycles. The van der Waals surface area contributed by atoms with Gasteiger partial charge in [-0.25, -0.2) is 0 Å². The van der Waals surface area contributed by atoms with Gasteiger partial charge < -0.3 is 19.6 Å². The van der Waals surface area contributed by atoms with Gasteiger partial charge in [0, 0.05) is 17.5 Å². The summed E-state index contributed by atoms with van der Waals surface area (Å²) in [5.41, 5.74) is 1.46.